The standard InChI is InChI=1S/C5H7ClN2/c1-8-3-2-5(4-6)7-8/h2-3H,4H2,1H3/i4D2. The zero-order valence-electron chi connectivity index (χ0n) is 6.43. The number of nitrogens with zero attached hydrogens (tertiary/aromatic N) is 2. The van der Waals surface area contributed by atoms with Gasteiger partial charge in [0.2, 0.25) is 0 Å². The van der Waals surface area contributed by atoms with Crippen molar-refractivity contribution < 1.29 is 2.74 Å². The Bertz CT molecular complexity index is 228. The molecule has 0 spiro atoms. The van der Waals surface area contributed by atoms with Gasteiger partial charge < -0.3 is 0 Å². The van der Waals surface area contributed by atoms with Crippen molar-refractivity contribution >= 4 is 11.6 Å². The van der Waals surface area contributed by atoms with E-state index in [0.717, 1.165) is 0 Å². The molecule has 0 unspecified atom stereocenters. The van der Waals surface area contributed by atoms with E-state index in [0.29, 0.717) is 0 Å². The molecule has 0 bridgehead atoms. The summed E-state index contributed by atoms with van der Waals surface area (Å²) in [6, 6.07) is 1.55. The van der Waals surface area contributed by atoms with Gasteiger partial charge in [0.15, 0.2) is 0 Å². The van der Waals surface area contributed by atoms with Crippen molar-refractivity contribution in [1.82, 2.24) is 9.78 Å². The fourth-order valence-electron chi connectivity index (χ4n) is 0.465. The zero-order chi connectivity index (χ0) is 7.78. The van der Waals surface area contributed by atoms with Gasteiger partial charge in [0.25, 0.3) is 0 Å². The smallest absolute Gasteiger partial charge is 0.0772 e. The molecule has 8 heavy (non-hydrogen) atoms. The molecule has 3 heteroatoms. The molecule has 0 amide bonds. The molecule has 44 valence electrons. The second-order valence-corrected chi connectivity index (χ2v) is 1.66. The molecule has 0 saturated carbocycles. The number of rotatable bonds is 1. The molecular formula is C5H7ClN2. The van der Waals surface area contributed by atoms with Gasteiger partial charge in [-0.2, -0.15) is 5.10 Å². The molecule has 2 nitrogen and oxygen atoms in total. The molecule has 0 N–H and O–H groups in total. The van der Waals surface area contributed by atoms with Gasteiger partial charge in [-0.1, -0.05) is 0 Å². The first-order valence-corrected chi connectivity index (χ1v) is 2.57. The summed E-state index contributed by atoms with van der Waals surface area (Å²) in [5.74, 6) is -1.85. The number of aryl methyl sites for hydroxylation is 1. The van der Waals surface area contributed by atoms with Crippen molar-refractivity contribution in [1.29, 1.82) is 0 Å². The van der Waals surface area contributed by atoms with Crippen LogP contribution in [0.5, 0.6) is 0 Å². The zero-order valence-corrected chi connectivity index (χ0v) is 5.18. The highest BCUT2D eigenvalue weighted by atomic mass is 35.5. The van der Waals surface area contributed by atoms with Crippen molar-refractivity contribution in [2.75, 3.05) is 0 Å². The molecule has 0 atom stereocenters. The van der Waals surface area contributed by atoms with Gasteiger partial charge in [-0.15, -0.1) is 11.6 Å². The molecular weight excluding hydrogens is 124 g/mol. The van der Waals surface area contributed by atoms with E-state index in [2.05, 4.69) is 5.10 Å². The summed E-state index contributed by atoms with van der Waals surface area (Å²) in [5, 5.41) is 3.79. The Morgan fingerprint density at radius 3 is 3.12 bits per heavy atom. The largest absolute Gasteiger partial charge is 0.276 e. The number of aromatic nitrogens is 2. The summed E-state index contributed by atoms with van der Waals surface area (Å²) in [6.45, 7) is 0. The van der Waals surface area contributed by atoms with Crippen LogP contribution in [-0.2, 0) is 12.9 Å². The van der Waals surface area contributed by atoms with Crippen LogP contribution in [0, 0.1) is 0 Å². The maximum Gasteiger partial charge on any atom is 0.0772 e. The Morgan fingerprint density at radius 1 is 2.12 bits per heavy atom. The van der Waals surface area contributed by atoms with Gasteiger partial charge >= 0.3 is 0 Å². The van der Waals surface area contributed by atoms with Crippen molar-refractivity contribution in [3.05, 3.63) is 18.0 Å². The normalized spacial score (nSPS) is 15.2. The summed E-state index contributed by atoms with van der Waals surface area (Å²) < 4.78 is 15.6. The lowest BCUT2D eigenvalue weighted by molar-refractivity contribution is 0.754. The number of hydrogen-bond donors (Lipinski definition) is 0. The van der Waals surface area contributed by atoms with Gasteiger partial charge in [0.1, 0.15) is 0 Å². The predicted molar refractivity (Wildman–Crippen MR) is 32.8 cm³/mol. The number of alkyl halides is 1. The average molecular weight is 133 g/mol. The lowest BCUT2D eigenvalue weighted by atomic mass is 10.5. The molecule has 1 heterocycles. The number of hydrogen-bond acceptors (Lipinski definition) is 1. The molecule has 1 aromatic heterocycles. The van der Waals surface area contributed by atoms with Crippen LogP contribution in [0.15, 0.2) is 12.3 Å². The lowest BCUT2D eigenvalue weighted by Crippen LogP contribution is -1.87. The molecule has 1 aromatic rings. The van der Waals surface area contributed by atoms with Crippen LogP contribution in [0.3, 0.4) is 0 Å². The molecule has 0 aliphatic heterocycles. The summed E-state index contributed by atoms with van der Waals surface area (Å²) in [7, 11) is 1.71. The van der Waals surface area contributed by atoms with E-state index >= 15 is 0 Å². The van der Waals surface area contributed by atoms with Crippen LogP contribution >= 0.6 is 11.6 Å². The fraction of sp³-hybridized carbons (Fsp3) is 0.400. The van der Waals surface area contributed by atoms with Gasteiger partial charge in [-0.25, -0.2) is 0 Å². The maximum absolute atomic E-state index is 7.04. The minimum atomic E-state index is -1.85. The van der Waals surface area contributed by atoms with Crippen LogP contribution in [0.2, 0.25) is 0 Å². The lowest BCUT2D eigenvalue weighted by Gasteiger charge is -1.82. The van der Waals surface area contributed by atoms with E-state index in [4.69, 9.17) is 14.3 Å². The summed E-state index contributed by atoms with van der Waals surface area (Å²) >= 11 is 5.33. The highest BCUT2D eigenvalue weighted by molar-refractivity contribution is 6.16. The molecule has 0 aliphatic rings. The molecule has 0 radical (unpaired) electrons. The third-order valence-corrected chi connectivity index (χ3v) is 1.00. The Balaban J connectivity index is 2.96. The first-order valence-electron chi connectivity index (χ1n) is 3.19. The van der Waals surface area contributed by atoms with Crippen LogP contribution in [0.4, 0.5) is 0 Å². The van der Waals surface area contributed by atoms with Crippen molar-refractivity contribution in [3.63, 3.8) is 0 Å². The first-order chi connectivity index (χ1) is 4.50. The minimum absolute atomic E-state index is 0.247. The highest BCUT2D eigenvalue weighted by Gasteiger charge is 1.89. The van der Waals surface area contributed by atoms with Gasteiger partial charge in [-0.05, 0) is 6.07 Å². The van der Waals surface area contributed by atoms with E-state index in [1.165, 1.54) is 4.68 Å². The Hall–Kier alpha value is -0.500. The third kappa shape index (κ3) is 1.01. The van der Waals surface area contributed by atoms with E-state index in [-0.39, 0.29) is 5.69 Å². The molecule has 0 aliphatic carbocycles. The van der Waals surface area contributed by atoms with Crippen molar-refractivity contribution in [2.45, 2.75) is 5.83 Å². The van der Waals surface area contributed by atoms with Gasteiger partial charge in [-0.3, -0.25) is 4.68 Å². The number of halogens is 1. The summed E-state index contributed by atoms with van der Waals surface area (Å²) in [5.41, 5.74) is 0.247. The van der Waals surface area contributed by atoms with E-state index < -0.39 is 5.83 Å². The molecule has 0 fully saturated rings. The highest BCUT2D eigenvalue weighted by Crippen LogP contribution is 1.96. The Labute approximate surface area is 55.9 Å². The van der Waals surface area contributed by atoms with Crippen LogP contribution in [0.1, 0.15) is 8.44 Å². The Kier molecular flexibility index (Phi) is 0.956. The van der Waals surface area contributed by atoms with E-state index in [1.807, 2.05) is 0 Å². The van der Waals surface area contributed by atoms with E-state index in [1.54, 1.807) is 19.3 Å². The molecule has 1 rings (SSSR count). The molecule has 0 aromatic carbocycles. The molecule has 0 saturated heterocycles. The van der Waals surface area contributed by atoms with E-state index in [9.17, 15) is 0 Å². The van der Waals surface area contributed by atoms with Crippen LogP contribution < -0.4 is 0 Å². The summed E-state index contributed by atoms with van der Waals surface area (Å²) in [6.07, 6.45) is 1.65. The first kappa shape index (κ1) is 3.51. The Morgan fingerprint density at radius 2 is 2.88 bits per heavy atom. The monoisotopic (exact) mass is 132 g/mol. The average Bonchev–Trinajstić information content (AvgIpc) is 2.11. The SMILES string of the molecule is [2H]C([2H])(Cl)c1ccn(C)n1. The van der Waals surface area contributed by atoms with Gasteiger partial charge in [0.05, 0.1) is 14.3 Å². The summed E-state index contributed by atoms with van der Waals surface area (Å²) in [4.78, 5) is 0. The van der Waals surface area contributed by atoms with Crippen molar-refractivity contribution in [2.24, 2.45) is 7.05 Å². The third-order valence-electron chi connectivity index (χ3n) is 0.810. The fourth-order valence-corrected chi connectivity index (χ4v) is 0.566. The van der Waals surface area contributed by atoms with Crippen LogP contribution in [-0.4, -0.2) is 9.78 Å². The predicted octanol–water partition coefficient (Wildman–Crippen LogP) is 1.16. The second-order valence-electron chi connectivity index (χ2n) is 1.47. The van der Waals surface area contributed by atoms with Crippen molar-refractivity contribution in [3.8, 4) is 0 Å². The van der Waals surface area contributed by atoms with Crippen LogP contribution in [0.25, 0.3) is 0 Å². The van der Waals surface area contributed by atoms with Gasteiger partial charge in [0, 0.05) is 13.2 Å². The quantitative estimate of drug-likeness (QED) is 0.525. The minimum Gasteiger partial charge on any atom is -0.276 e. The topological polar surface area (TPSA) is 17.8 Å². The second kappa shape index (κ2) is 2.18. The maximum atomic E-state index is 7.04.